The standard InChI is InChI=1S/C19H22F2N4O4/c1-19(2,3)29-18(27)24-7-10(8-24)25-16-14(21)12-6-9(17(26)28-4)5-11(12)13(20)15(16)22-23-25/h9-10H,5-8H2,1-4H3. The second kappa shape index (κ2) is 6.64. The van der Waals surface area contributed by atoms with Crippen LogP contribution >= 0.6 is 0 Å². The smallest absolute Gasteiger partial charge is 0.410 e. The fraction of sp³-hybridized carbons (Fsp3) is 0.579. The average Bonchev–Trinajstić information content (AvgIpc) is 3.21. The van der Waals surface area contributed by atoms with Gasteiger partial charge in [0.15, 0.2) is 17.2 Å². The Bertz CT molecular complexity index is 1010. The van der Waals surface area contributed by atoms with Crippen molar-refractivity contribution in [2.75, 3.05) is 20.2 Å². The van der Waals surface area contributed by atoms with E-state index in [1.807, 2.05) is 0 Å². The lowest BCUT2D eigenvalue weighted by Gasteiger charge is -2.39. The molecule has 0 radical (unpaired) electrons. The van der Waals surface area contributed by atoms with E-state index in [0.29, 0.717) is 0 Å². The molecule has 156 valence electrons. The van der Waals surface area contributed by atoms with Crippen LogP contribution in [0.1, 0.15) is 37.9 Å². The lowest BCUT2D eigenvalue weighted by Crippen LogP contribution is -2.52. The number of hydrogen-bond acceptors (Lipinski definition) is 6. The summed E-state index contributed by atoms with van der Waals surface area (Å²) in [6, 6.07) is -0.336. The molecule has 1 aliphatic heterocycles. The molecule has 0 saturated carbocycles. The van der Waals surface area contributed by atoms with Gasteiger partial charge in [-0.15, -0.1) is 5.10 Å². The zero-order valence-corrected chi connectivity index (χ0v) is 16.7. The van der Waals surface area contributed by atoms with Crippen molar-refractivity contribution in [1.82, 2.24) is 19.9 Å². The molecule has 1 aromatic heterocycles. The van der Waals surface area contributed by atoms with Gasteiger partial charge in [-0.25, -0.2) is 18.3 Å². The molecule has 2 aromatic rings. The van der Waals surface area contributed by atoms with Gasteiger partial charge >= 0.3 is 12.1 Å². The molecule has 10 heteroatoms. The predicted octanol–water partition coefficient (Wildman–Crippen LogP) is 2.39. The predicted molar refractivity (Wildman–Crippen MR) is 97.2 cm³/mol. The van der Waals surface area contributed by atoms with E-state index in [4.69, 9.17) is 9.47 Å². The van der Waals surface area contributed by atoms with Crippen molar-refractivity contribution in [3.05, 3.63) is 22.8 Å². The number of aromatic nitrogens is 3. The third-order valence-corrected chi connectivity index (χ3v) is 5.30. The van der Waals surface area contributed by atoms with Crippen molar-refractivity contribution < 1.29 is 27.8 Å². The number of amides is 1. The number of ether oxygens (including phenoxy) is 2. The third-order valence-electron chi connectivity index (χ3n) is 5.30. The Morgan fingerprint density at radius 2 is 1.72 bits per heavy atom. The highest BCUT2D eigenvalue weighted by molar-refractivity contribution is 5.81. The first-order valence-electron chi connectivity index (χ1n) is 9.40. The molecule has 1 fully saturated rings. The molecule has 1 amide bonds. The van der Waals surface area contributed by atoms with Gasteiger partial charge in [-0.2, -0.15) is 0 Å². The van der Waals surface area contributed by atoms with Gasteiger partial charge in [-0.1, -0.05) is 5.21 Å². The number of nitrogens with zero attached hydrogens (tertiary/aromatic N) is 4. The normalized spacial score (nSPS) is 19.2. The summed E-state index contributed by atoms with van der Waals surface area (Å²) in [5, 5.41) is 7.76. The fourth-order valence-corrected chi connectivity index (χ4v) is 3.86. The number of hydrogen-bond donors (Lipinski definition) is 0. The van der Waals surface area contributed by atoms with E-state index in [-0.39, 0.29) is 54.1 Å². The van der Waals surface area contributed by atoms with Gasteiger partial charge in [0, 0.05) is 13.1 Å². The molecular weight excluding hydrogens is 386 g/mol. The minimum Gasteiger partial charge on any atom is -0.469 e. The Morgan fingerprint density at radius 3 is 2.31 bits per heavy atom. The molecule has 1 aromatic carbocycles. The Hall–Kier alpha value is -2.78. The number of halogens is 2. The molecule has 0 N–H and O–H groups in total. The summed E-state index contributed by atoms with van der Waals surface area (Å²) < 4.78 is 41.6. The van der Waals surface area contributed by atoms with Crippen molar-refractivity contribution in [3.63, 3.8) is 0 Å². The maximum atomic E-state index is 15.3. The maximum absolute atomic E-state index is 15.3. The van der Waals surface area contributed by atoms with Crippen LogP contribution in [0.25, 0.3) is 11.0 Å². The zero-order valence-electron chi connectivity index (χ0n) is 16.7. The topological polar surface area (TPSA) is 86.5 Å². The number of likely N-dealkylation sites (tertiary alicyclic amines) is 1. The molecule has 8 nitrogen and oxygen atoms in total. The summed E-state index contributed by atoms with van der Waals surface area (Å²) in [4.78, 5) is 25.4. The number of methoxy groups -OCH3 is 1. The van der Waals surface area contributed by atoms with Crippen LogP contribution in [0.4, 0.5) is 13.6 Å². The summed E-state index contributed by atoms with van der Waals surface area (Å²) in [5.41, 5.74) is -0.504. The number of fused-ring (bicyclic) bond motifs is 2. The molecule has 0 spiro atoms. The van der Waals surface area contributed by atoms with Crippen LogP contribution in [0.15, 0.2) is 0 Å². The van der Waals surface area contributed by atoms with Crippen LogP contribution in [-0.2, 0) is 27.1 Å². The largest absolute Gasteiger partial charge is 0.469 e. The highest BCUT2D eigenvalue weighted by Gasteiger charge is 2.39. The SMILES string of the molecule is COC(=O)C1Cc2c(c(F)c3c(nnn3C3CN(C(=O)OC(C)(C)C)C3)c2F)C1. The molecule has 1 saturated heterocycles. The second-order valence-electron chi connectivity index (χ2n) is 8.48. The first-order valence-corrected chi connectivity index (χ1v) is 9.40. The van der Waals surface area contributed by atoms with E-state index >= 15 is 4.39 Å². The minimum absolute atomic E-state index is 0.0411. The van der Waals surface area contributed by atoms with Gasteiger partial charge in [0.2, 0.25) is 0 Å². The van der Waals surface area contributed by atoms with E-state index in [2.05, 4.69) is 10.3 Å². The molecular formula is C19H22F2N4O4. The van der Waals surface area contributed by atoms with E-state index in [1.54, 1.807) is 20.8 Å². The van der Waals surface area contributed by atoms with Gasteiger partial charge in [-0.05, 0) is 44.7 Å². The molecule has 0 bridgehead atoms. The summed E-state index contributed by atoms with van der Waals surface area (Å²) in [7, 11) is 1.25. The zero-order chi connectivity index (χ0) is 21.1. The Morgan fingerprint density at radius 1 is 1.10 bits per heavy atom. The van der Waals surface area contributed by atoms with Crippen molar-refractivity contribution in [2.24, 2.45) is 5.92 Å². The quantitative estimate of drug-likeness (QED) is 0.710. The van der Waals surface area contributed by atoms with Gasteiger partial charge in [0.1, 0.15) is 11.1 Å². The van der Waals surface area contributed by atoms with Gasteiger partial charge in [0.05, 0.1) is 19.1 Å². The van der Waals surface area contributed by atoms with Crippen molar-refractivity contribution in [1.29, 1.82) is 0 Å². The minimum atomic E-state index is -0.655. The molecule has 29 heavy (non-hydrogen) atoms. The van der Waals surface area contributed by atoms with Crippen LogP contribution in [0.3, 0.4) is 0 Å². The molecule has 2 aliphatic rings. The van der Waals surface area contributed by atoms with Crippen LogP contribution < -0.4 is 0 Å². The lowest BCUT2D eigenvalue weighted by atomic mass is 10.1. The molecule has 2 heterocycles. The third kappa shape index (κ3) is 3.20. The summed E-state index contributed by atoms with van der Waals surface area (Å²) >= 11 is 0. The summed E-state index contributed by atoms with van der Waals surface area (Å²) in [6.07, 6.45) is -0.323. The second-order valence-corrected chi connectivity index (χ2v) is 8.48. The molecule has 1 atom stereocenters. The van der Waals surface area contributed by atoms with Crippen LogP contribution in [0.5, 0.6) is 0 Å². The number of carbonyl (C=O) groups is 2. The monoisotopic (exact) mass is 408 g/mol. The van der Waals surface area contributed by atoms with Gasteiger partial charge in [0.25, 0.3) is 0 Å². The summed E-state index contributed by atoms with van der Waals surface area (Å²) in [6.45, 7) is 5.83. The van der Waals surface area contributed by atoms with E-state index in [1.165, 1.54) is 16.7 Å². The number of rotatable bonds is 2. The van der Waals surface area contributed by atoms with E-state index in [0.717, 1.165) is 0 Å². The Kier molecular flexibility index (Phi) is 4.47. The number of carbonyl (C=O) groups excluding carboxylic acids is 2. The van der Waals surface area contributed by atoms with Crippen LogP contribution in [-0.4, -0.2) is 57.8 Å². The first kappa shape index (κ1) is 19.5. The van der Waals surface area contributed by atoms with Crippen molar-refractivity contribution in [2.45, 2.75) is 45.3 Å². The van der Waals surface area contributed by atoms with Crippen molar-refractivity contribution in [3.8, 4) is 0 Å². The summed E-state index contributed by atoms with van der Waals surface area (Å²) in [5.74, 6) is -2.38. The van der Waals surface area contributed by atoms with Gasteiger partial charge in [-0.3, -0.25) is 4.79 Å². The molecule has 1 aliphatic carbocycles. The van der Waals surface area contributed by atoms with E-state index in [9.17, 15) is 14.0 Å². The fourth-order valence-electron chi connectivity index (χ4n) is 3.86. The highest BCUT2D eigenvalue weighted by atomic mass is 19.1. The Balaban J connectivity index is 1.61. The van der Waals surface area contributed by atoms with Gasteiger partial charge < -0.3 is 14.4 Å². The van der Waals surface area contributed by atoms with Crippen LogP contribution in [0, 0.1) is 17.6 Å². The first-order chi connectivity index (χ1) is 13.6. The molecule has 1 unspecified atom stereocenters. The highest BCUT2D eigenvalue weighted by Crippen LogP contribution is 2.37. The Labute approximate surface area is 165 Å². The number of benzene rings is 1. The average molecular weight is 408 g/mol. The number of esters is 1. The van der Waals surface area contributed by atoms with E-state index < -0.39 is 35.2 Å². The lowest BCUT2D eigenvalue weighted by molar-refractivity contribution is -0.145. The molecule has 4 rings (SSSR count). The van der Waals surface area contributed by atoms with Crippen LogP contribution in [0.2, 0.25) is 0 Å². The van der Waals surface area contributed by atoms with Crippen molar-refractivity contribution >= 4 is 23.1 Å². The maximum Gasteiger partial charge on any atom is 0.410 e.